The van der Waals surface area contributed by atoms with E-state index in [0.717, 1.165) is 11.8 Å². The average Bonchev–Trinajstić information content (AvgIpc) is 3.25. The molecule has 2 heterocycles. The molecule has 4 atom stereocenters. The Balaban J connectivity index is 1.74. The summed E-state index contributed by atoms with van der Waals surface area (Å²) in [6.45, 7) is 5.77. The van der Waals surface area contributed by atoms with Gasteiger partial charge < -0.3 is 19.8 Å². The van der Waals surface area contributed by atoms with Crippen LogP contribution in [0.25, 0.3) is 11.0 Å². The lowest BCUT2D eigenvalue weighted by molar-refractivity contribution is -0.127. The maximum Gasteiger partial charge on any atom is 0.287 e. The molecular weight excluding hydrogens is 360 g/mol. The number of amides is 2. The quantitative estimate of drug-likeness (QED) is 0.762. The molecule has 0 spiro atoms. The van der Waals surface area contributed by atoms with Gasteiger partial charge in [0.05, 0.1) is 6.10 Å². The van der Waals surface area contributed by atoms with Crippen molar-refractivity contribution in [3.05, 3.63) is 36.1 Å². The second-order valence-corrected chi connectivity index (χ2v) is 7.39. The molecule has 0 bridgehead atoms. The summed E-state index contributed by atoms with van der Waals surface area (Å²) in [4.78, 5) is 37.4. The molecule has 2 amide bonds. The van der Waals surface area contributed by atoms with E-state index in [1.807, 2.05) is 32.0 Å². The number of hydrogen-bond acceptors (Lipinski definition) is 5. The molecule has 3 rings (SSSR count). The van der Waals surface area contributed by atoms with E-state index in [1.54, 1.807) is 19.1 Å². The van der Waals surface area contributed by atoms with Gasteiger partial charge in [-0.2, -0.15) is 0 Å². The van der Waals surface area contributed by atoms with Crippen molar-refractivity contribution in [1.82, 2.24) is 10.6 Å². The van der Waals surface area contributed by atoms with Gasteiger partial charge >= 0.3 is 0 Å². The first-order chi connectivity index (χ1) is 13.4. The van der Waals surface area contributed by atoms with Gasteiger partial charge in [-0.25, -0.2) is 0 Å². The van der Waals surface area contributed by atoms with Crippen LogP contribution in [0.3, 0.4) is 0 Å². The number of hydrogen-bond donors (Lipinski definition) is 2. The summed E-state index contributed by atoms with van der Waals surface area (Å²) >= 11 is 0. The number of carbonyl (C=O) groups excluding carboxylic acids is 3. The molecule has 0 saturated carbocycles. The smallest absolute Gasteiger partial charge is 0.287 e. The standard InChI is InChI=1S/C21H26N2O5/c1-4-12(2)9-15(20(25)23-19-13(3)27-11-16(19)24)22-21(26)18-10-14-7-5-6-8-17(14)28-18/h5-8,10,12-13,15,19H,4,9,11H2,1-3H3,(H,22,26)(H,23,25)/t12?,13-,15+,19+/m1/s1. The summed E-state index contributed by atoms with van der Waals surface area (Å²) in [5.74, 6) is -0.634. The van der Waals surface area contributed by atoms with Crippen molar-refractivity contribution in [2.75, 3.05) is 6.61 Å². The van der Waals surface area contributed by atoms with Gasteiger partial charge in [0.25, 0.3) is 5.91 Å². The lowest BCUT2D eigenvalue weighted by Crippen LogP contribution is -2.53. The van der Waals surface area contributed by atoms with Crippen LogP contribution in [0.1, 0.15) is 44.2 Å². The zero-order valence-electron chi connectivity index (χ0n) is 16.4. The fourth-order valence-corrected chi connectivity index (χ4v) is 3.24. The van der Waals surface area contributed by atoms with E-state index in [0.29, 0.717) is 12.0 Å². The number of ether oxygens (including phenoxy) is 1. The maximum atomic E-state index is 12.8. The lowest BCUT2D eigenvalue weighted by atomic mass is 9.98. The first-order valence-electron chi connectivity index (χ1n) is 9.63. The van der Waals surface area contributed by atoms with Gasteiger partial charge in [0.15, 0.2) is 11.5 Å². The van der Waals surface area contributed by atoms with Crippen molar-refractivity contribution >= 4 is 28.6 Å². The summed E-state index contributed by atoms with van der Waals surface area (Å²) in [5, 5.41) is 6.32. The summed E-state index contributed by atoms with van der Waals surface area (Å²) in [6, 6.07) is 7.52. The van der Waals surface area contributed by atoms with Gasteiger partial charge in [-0.05, 0) is 31.4 Å². The van der Waals surface area contributed by atoms with Crippen LogP contribution in [0.2, 0.25) is 0 Å². The van der Waals surface area contributed by atoms with Crippen molar-refractivity contribution in [3.8, 4) is 0 Å². The Labute approximate surface area is 163 Å². The molecule has 1 aliphatic rings. The summed E-state index contributed by atoms with van der Waals surface area (Å²) in [6.07, 6.45) is 0.947. The number of ketones is 1. The molecule has 1 aromatic heterocycles. The summed E-state index contributed by atoms with van der Waals surface area (Å²) in [7, 11) is 0. The number of furan rings is 1. The largest absolute Gasteiger partial charge is 0.451 e. The van der Waals surface area contributed by atoms with Crippen molar-refractivity contribution in [2.45, 2.75) is 51.8 Å². The molecule has 7 nitrogen and oxygen atoms in total. The van der Waals surface area contributed by atoms with Crippen LogP contribution in [0, 0.1) is 5.92 Å². The normalized spacial score (nSPS) is 21.5. The number of nitrogens with one attached hydrogen (secondary N) is 2. The molecule has 1 saturated heterocycles. The Morgan fingerprint density at radius 2 is 2.04 bits per heavy atom. The number of carbonyl (C=O) groups is 3. The maximum absolute atomic E-state index is 12.8. The highest BCUT2D eigenvalue weighted by Gasteiger charge is 2.36. The number of para-hydroxylation sites is 1. The van der Waals surface area contributed by atoms with Crippen molar-refractivity contribution < 1.29 is 23.5 Å². The molecule has 2 aromatic rings. The zero-order valence-corrected chi connectivity index (χ0v) is 16.4. The monoisotopic (exact) mass is 386 g/mol. The van der Waals surface area contributed by atoms with E-state index in [9.17, 15) is 14.4 Å². The third-order valence-electron chi connectivity index (χ3n) is 5.21. The Kier molecular flexibility index (Phi) is 6.14. The second-order valence-electron chi connectivity index (χ2n) is 7.39. The highest BCUT2D eigenvalue weighted by molar-refractivity contribution is 5.99. The Hall–Kier alpha value is -2.67. The van der Waals surface area contributed by atoms with Crippen LogP contribution >= 0.6 is 0 Å². The van der Waals surface area contributed by atoms with Crippen LogP contribution in [-0.2, 0) is 14.3 Å². The van der Waals surface area contributed by atoms with Gasteiger partial charge in [0.1, 0.15) is 24.3 Å². The molecular formula is C21H26N2O5. The first-order valence-corrected chi connectivity index (χ1v) is 9.63. The van der Waals surface area contributed by atoms with E-state index >= 15 is 0 Å². The fraction of sp³-hybridized carbons (Fsp3) is 0.476. The van der Waals surface area contributed by atoms with Crippen molar-refractivity contribution in [2.24, 2.45) is 5.92 Å². The van der Waals surface area contributed by atoms with Gasteiger partial charge in [0.2, 0.25) is 5.91 Å². The Morgan fingerprint density at radius 3 is 2.68 bits per heavy atom. The van der Waals surface area contributed by atoms with Crippen molar-refractivity contribution in [1.29, 1.82) is 0 Å². The summed E-state index contributed by atoms with van der Waals surface area (Å²) < 4.78 is 10.9. The van der Waals surface area contributed by atoms with Crippen LogP contribution < -0.4 is 10.6 Å². The number of Topliss-reactive ketones (excluding diaryl/α,β-unsaturated/α-hetero) is 1. The van der Waals surface area contributed by atoms with Crippen LogP contribution in [-0.4, -0.2) is 42.4 Å². The highest BCUT2D eigenvalue weighted by Crippen LogP contribution is 2.19. The molecule has 1 aliphatic heterocycles. The second kappa shape index (κ2) is 8.56. The molecule has 7 heteroatoms. The third kappa shape index (κ3) is 4.42. The topological polar surface area (TPSA) is 97.6 Å². The van der Waals surface area contributed by atoms with E-state index in [1.165, 1.54) is 0 Å². The minimum absolute atomic E-state index is 0.00646. The number of benzene rings is 1. The molecule has 150 valence electrons. The number of rotatable bonds is 7. The summed E-state index contributed by atoms with van der Waals surface area (Å²) in [5.41, 5.74) is 0.609. The zero-order chi connectivity index (χ0) is 20.3. The molecule has 1 aromatic carbocycles. The van der Waals surface area contributed by atoms with Crippen LogP contribution in [0.4, 0.5) is 0 Å². The van der Waals surface area contributed by atoms with E-state index in [4.69, 9.17) is 9.15 Å². The Bertz CT molecular complexity index is 842. The molecule has 28 heavy (non-hydrogen) atoms. The highest BCUT2D eigenvalue weighted by atomic mass is 16.5. The molecule has 2 N–H and O–H groups in total. The predicted octanol–water partition coefficient (Wildman–Crippen LogP) is 2.44. The fourth-order valence-electron chi connectivity index (χ4n) is 3.24. The molecule has 1 unspecified atom stereocenters. The number of fused-ring (bicyclic) bond motifs is 1. The SMILES string of the molecule is CCC(C)C[C@H](NC(=O)c1cc2ccccc2o1)C(=O)N[C@@H]1C(=O)CO[C@@H]1C. The van der Waals surface area contributed by atoms with Crippen LogP contribution in [0.5, 0.6) is 0 Å². The van der Waals surface area contributed by atoms with Crippen LogP contribution in [0.15, 0.2) is 34.7 Å². The van der Waals surface area contributed by atoms with E-state index in [2.05, 4.69) is 10.6 Å². The molecule has 0 radical (unpaired) electrons. The van der Waals surface area contributed by atoms with Gasteiger partial charge in [0, 0.05) is 5.39 Å². The van der Waals surface area contributed by atoms with Gasteiger partial charge in [-0.15, -0.1) is 0 Å². The Morgan fingerprint density at radius 1 is 1.29 bits per heavy atom. The average molecular weight is 386 g/mol. The minimum atomic E-state index is -0.767. The predicted molar refractivity (Wildman–Crippen MR) is 104 cm³/mol. The third-order valence-corrected chi connectivity index (χ3v) is 5.21. The molecule has 1 fully saturated rings. The van der Waals surface area contributed by atoms with E-state index < -0.39 is 18.0 Å². The van der Waals surface area contributed by atoms with E-state index in [-0.39, 0.29) is 36.1 Å². The van der Waals surface area contributed by atoms with Gasteiger partial charge in [-0.1, -0.05) is 38.5 Å². The van der Waals surface area contributed by atoms with Gasteiger partial charge in [-0.3, -0.25) is 14.4 Å². The van der Waals surface area contributed by atoms with Crippen molar-refractivity contribution in [3.63, 3.8) is 0 Å². The molecule has 0 aliphatic carbocycles. The minimum Gasteiger partial charge on any atom is -0.451 e. The lowest BCUT2D eigenvalue weighted by Gasteiger charge is -2.23. The first kappa shape index (κ1) is 20.1.